The molecular formula is C13H24N4O2. The molecule has 2 heterocycles. The number of nitrogens with zero attached hydrogens (tertiary/aromatic N) is 3. The number of methoxy groups -OCH3 is 1. The highest BCUT2D eigenvalue weighted by molar-refractivity contribution is 4.99. The van der Waals surface area contributed by atoms with Crippen LogP contribution in [-0.2, 0) is 16.8 Å². The number of ether oxygens (including phenoxy) is 1. The van der Waals surface area contributed by atoms with E-state index in [1.165, 1.54) is 0 Å². The largest absolute Gasteiger partial charge is 0.377 e. The van der Waals surface area contributed by atoms with E-state index in [1.54, 1.807) is 7.11 Å². The van der Waals surface area contributed by atoms with Gasteiger partial charge in [-0.2, -0.15) is 4.98 Å². The van der Waals surface area contributed by atoms with Gasteiger partial charge in [-0.05, 0) is 40.2 Å². The first kappa shape index (κ1) is 14.4. The van der Waals surface area contributed by atoms with Gasteiger partial charge >= 0.3 is 0 Å². The molecular weight excluding hydrogens is 244 g/mol. The van der Waals surface area contributed by atoms with Gasteiger partial charge in [-0.15, -0.1) is 0 Å². The van der Waals surface area contributed by atoms with Crippen LogP contribution in [0.5, 0.6) is 0 Å². The molecule has 0 aliphatic carbocycles. The quantitative estimate of drug-likeness (QED) is 0.886. The monoisotopic (exact) mass is 268 g/mol. The Morgan fingerprint density at radius 3 is 2.84 bits per heavy atom. The van der Waals surface area contributed by atoms with Crippen LogP contribution >= 0.6 is 0 Å². The van der Waals surface area contributed by atoms with Gasteiger partial charge < -0.3 is 15.0 Å². The zero-order chi connectivity index (χ0) is 14.1. The summed E-state index contributed by atoms with van der Waals surface area (Å²) in [5.41, 5.74) is 5.31. The second-order valence-electron chi connectivity index (χ2n) is 6.20. The van der Waals surface area contributed by atoms with E-state index in [0.717, 1.165) is 25.9 Å². The summed E-state index contributed by atoms with van der Waals surface area (Å²) in [6.45, 7) is 8.44. The molecule has 1 aromatic heterocycles. The Bertz CT molecular complexity index is 427. The number of piperidine rings is 1. The first-order valence-electron chi connectivity index (χ1n) is 6.72. The fraction of sp³-hybridized carbons (Fsp3) is 0.846. The van der Waals surface area contributed by atoms with Crippen LogP contribution in [0.3, 0.4) is 0 Å². The van der Waals surface area contributed by atoms with E-state index in [0.29, 0.717) is 18.3 Å². The fourth-order valence-electron chi connectivity index (χ4n) is 2.38. The summed E-state index contributed by atoms with van der Waals surface area (Å²) in [5, 5.41) is 3.94. The lowest BCUT2D eigenvalue weighted by molar-refractivity contribution is -0.0544. The molecule has 19 heavy (non-hydrogen) atoms. The summed E-state index contributed by atoms with van der Waals surface area (Å²) < 4.78 is 10.8. The highest BCUT2D eigenvalue weighted by Gasteiger charge is 2.31. The van der Waals surface area contributed by atoms with Crippen molar-refractivity contribution in [3.8, 4) is 0 Å². The molecule has 0 radical (unpaired) electrons. The summed E-state index contributed by atoms with van der Waals surface area (Å²) in [4.78, 5) is 6.65. The van der Waals surface area contributed by atoms with Crippen LogP contribution in [0.2, 0.25) is 0 Å². The molecule has 0 aromatic carbocycles. The molecule has 1 fully saturated rings. The normalized spacial score (nSPS) is 25.7. The van der Waals surface area contributed by atoms with Crippen LogP contribution in [0.25, 0.3) is 0 Å². The van der Waals surface area contributed by atoms with Gasteiger partial charge in [0.25, 0.3) is 0 Å². The Hall–Kier alpha value is -0.980. The molecule has 1 atom stereocenters. The van der Waals surface area contributed by atoms with Gasteiger partial charge in [0.05, 0.1) is 17.7 Å². The van der Waals surface area contributed by atoms with Gasteiger partial charge in [0.15, 0.2) is 5.82 Å². The van der Waals surface area contributed by atoms with Crippen molar-refractivity contribution < 1.29 is 9.26 Å². The molecule has 0 amide bonds. The maximum absolute atomic E-state index is 5.95. The van der Waals surface area contributed by atoms with E-state index in [2.05, 4.69) is 22.0 Å². The molecule has 1 saturated heterocycles. The van der Waals surface area contributed by atoms with Gasteiger partial charge in [-0.1, -0.05) is 5.16 Å². The van der Waals surface area contributed by atoms with E-state index in [9.17, 15) is 0 Å². The van der Waals surface area contributed by atoms with Gasteiger partial charge in [0, 0.05) is 13.7 Å². The maximum Gasteiger partial charge on any atom is 0.240 e. The lowest BCUT2D eigenvalue weighted by Gasteiger charge is -2.38. The first-order chi connectivity index (χ1) is 8.82. The van der Waals surface area contributed by atoms with Crippen LogP contribution in [-0.4, -0.2) is 40.8 Å². The fourth-order valence-corrected chi connectivity index (χ4v) is 2.38. The standard InChI is InChI=1S/C13H24N4O2/c1-12(2,14)11-15-10(19-16-11)8-17-7-5-6-13(3,9-17)18-4/h5-9,14H2,1-4H3. The summed E-state index contributed by atoms with van der Waals surface area (Å²) in [6, 6.07) is 0. The Balaban J connectivity index is 1.99. The van der Waals surface area contributed by atoms with E-state index in [-0.39, 0.29) is 5.60 Å². The number of likely N-dealkylation sites (tertiary alicyclic amines) is 1. The topological polar surface area (TPSA) is 77.4 Å². The second kappa shape index (κ2) is 5.19. The summed E-state index contributed by atoms with van der Waals surface area (Å²) in [6.07, 6.45) is 2.21. The van der Waals surface area contributed by atoms with E-state index < -0.39 is 5.54 Å². The van der Waals surface area contributed by atoms with Crippen molar-refractivity contribution in [1.29, 1.82) is 0 Å². The number of aromatic nitrogens is 2. The smallest absolute Gasteiger partial charge is 0.240 e. The van der Waals surface area contributed by atoms with Gasteiger partial charge in [0.1, 0.15) is 0 Å². The van der Waals surface area contributed by atoms with Gasteiger partial charge in [-0.3, -0.25) is 4.90 Å². The Morgan fingerprint density at radius 1 is 1.53 bits per heavy atom. The average molecular weight is 268 g/mol. The molecule has 2 N–H and O–H groups in total. The average Bonchev–Trinajstić information content (AvgIpc) is 2.77. The molecule has 6 heteroatoms. The van der Waals surface area contributed by atoms with Crippen molar-refractivity contribution in [1.82, 2.24) is 15.0 Å². The first-order valence-corrected chi connectivity index (χ1v) is 6.72. The molecule has 6 nitrogen and oxygen atoms in total. The number of hydrogen-bond acceptors (Lipinski definition) is 6. The zero-order valence-electron chi connectivity index (χ0n) is 12.3. The predicted octanol–water partition coefficient (Wildman–Crippen LogP) is 1.26. The minimum Gasteiger partial charge on any atom is -0.377 e. The highest BCUT2D eigenvalue weighted by atomic mass is 16.5. The molecule has 1 aromatic rings. The van der Waals surface area contributed by atoms with Crippen molar-refractivity contribution in [3.05, 3.63) is 11.7 Å². The molecule has 1 aliphatic rings. The lowest BCUT2D eigenvalue weighted by Crippen LogP contribution is -2.46. The van der Waals surface area contributed by atoms with Crippen molar-refractivity contribution >= 4 is 0 Å². The third-order valence-electron chi connectivity index (χ3n) is 3.63. The van der Waals surface area contributed by atoms with Crippen LogP contribution in [0.1, 0.15) is 45.3 Å². The summed E-state index contributed by atoms with van der Waals surface area (Å²) in [7, 11) is 1.77. The van der Waals surface area contributed by atoms with E-state index in [1.807, 2.05) is 13.8 Å². The van der Waals surface area contributed by atoms with Gasteiger partial charge in [0.2, 0.25) is 5.89 Å². The van der Waals surface area contributed by atoms with Crippen molar-refractivity contribution in [2.24, 2.45) is 5.73 Å². The highest BCUT2D eigenvalue weighted by Crippen LogP contribution is 2.25. The van der Waals surface area contributed by atoms with Crippen LogP contribution in [0.4, 0.5) is 0 Å². The Morgan fingerprint density at radius 2 is 2.26 bits per heavy atom. The third-order valence-corrected chi connectivity index (χ3v) is 3.63. The SMILES string of the molecule is COC1(C)CCCN(Cc2nc(C(C)(C)N)no2)C1. The molecule has 2 rings (SSSR count). The minimum absolute atomic E-state index is 0.0752. The molecule has 0 bridgehead atoms. The van der Waals surface area contributed by atoms with E-state index >= 15 is 0 Å². The molecule has 1 unspecified atom stereocenters. The number of rotatable bonds is 4. The molecule has 1 aliphatic heterocycles. The lowest BCUT2D eigenvalue weighted by atomic mass is 9.95. The van der Waals surface area contributed by atoms with Crippen molar-refractivity contribution in [2.75, 3.05) is 20.2 Å². The summed E-state index contributed by atoms with van der Waals surface area (Å²) in [5.74, 6) is 1.17. The van der Waals surface area contributed by atoms with Crippen molar-refractivity contribution in [3.63, 3.8) is 0 Å². The second-order valence-corrected chi connectivity index (χ2v) is 6.20. The molecule has 0 spiro atoms. The number of nitrogens with two attached hydrogens (primary N) is 1. The maximum atomic E-state index is 5.95. The third kappa shape index (κ3) is 3.52. The Kier molecular flexibility index (Phi) is 3.94. The van der Waals surface area contributed by atoms with Crippen molar-refractivity contribution in [2.45, 2.75) is 51.3 Å². The zero-order valence-corrected chi connectivity index (χ0v) is 12.3. The Labute approximate surface area is 114 Å². The van der Waals surface area contributed by atoms with Crippen LogP contribution in [0.15, 0.2) is 4.52 Å². The molecule has 108 valence electrons. The minimum atomic E-state index is -0.565. The summed E-state index contributed by atoms with van der Waals surface area (Å²) >= 11 is 0. The van der Waals surface area contributed by atoms with Crippen LogP contribution in [0, 0.1) is 0 Å². The van der Waals surface area contributed by atoms with E-state index in [4.69, 9.17) is 15.0 Å². The number of hydrogen-bond donors (Lipinski definition) is 1. The predicted molar refractivity (Wildman–Crippen MR) is 71.4 cm³/mol. The van der Waals surface area contributed by atoms with Crippen LogP contribution < -0.4 is 5.73 Å². The molecule has 0 saturated carbocycles. The van der Waals surface area contributed by atoms with Gasteiger partial charge in [-0.25, -0.2) is 0 Å².